The van der Waals surface area contributed by atoms with Gasteiger partial charge in [0.05, 0.1) is 14.2 Å². The van der Waals surface area contributed by atoms with Gasteiger partial charge in [-0.2, -0.15) is 0 Å². The van der Waals surface area contributed by atoms with Gasteiger partial charge in [-0.15, -0.1) is 0 Å². The van der Waals surface area contributed by atoms with Crippen molar-refractivity contribution >= 4 is 11.9 Å². The van der Waals surface area contributed by atoms with E-state index in [0.717, 1.165) is 4.57 Å². The van der Waals surface area contributed by atoms with Gasteiger partial charge < -0.3 is 14.2 Å². The van der Waals surface area contributed by atoms with Gasteiger partial charge in [-0.3, -0.25) is 23.9 Å². The van der Waals surface area contributed by atoms with Crippen LogP contribution in [0.25, 0.3) is 0 Å². The zero-order chi connectivity index (χ0) is 20.5. The van der Waals surface area contributed by atoms with Gasteiger partial charge in [0.1, 0.15) is 12.3 Å². The average molecular weight is 388 g/mol. The maximum absolute atomic E-state index is 12.8. The molecule has 2 atom stereocenters. The third-order valence-corrected chi connectivity index (χ3v) is 4.90. The molecular weight excluding hydrogens is 368 g/mol. The molecular formula is C19H20N2O7. The third kappa shape index (κ3) is 3.03. The van der Waals surface area contributed by atoms with Crippen molar-refractivity contribution in [2.75, 3.05) is 14.2 Å². The molecule has 2 heterocycles. The van der Waals surface area contributed by atoms with Crippen molar-refractivity contribution in [1.82, 2.24) is 9.55 Å². The molecule has 1 N–H and O–H groups in total. The number of methoxy groups -OCH3 is 2. The summed E-state index contributed by atoms with van der Waals surface area (Å²) < 4.78 is 17.0. The zero-order valence-corrected chi connectivity index (χ0v) is 15.6. The highest BCUT2D eigenvalue weighted by atomic mass is 16.6. The smallest absolute Gasteiger partial charge is 0.330 e. The van der Waals surface area contributed by atoms with E-state index in [1.807, 2.05) is 0 Å². The van der Waals surface area contributed by atoms with E-state index in [9.17, 15) is 19.2 Å². The quantitative estimate of drug-likeness (QED) is 0.609. The van der Waals surface area contributed by atoms with Crippen molar-refractivity contribution in [1.29, 1.82) is 0 Å². The van der Waals surface area contributed by atoms with E-state index in [0.29, 0.717) is 5.56 Å². The van der Waals surface area contributed by atoms with Crippen molar-refractivity contribution in [3.8, 4) is 0 Å². The molecule has 1 aliphatic heterocycles. The minimum atomic E-state index is -1.81. The van der Waals surface area contributed by atoms with Gasteiger partial charge in [-0.1, -0.05) is 30.3 Å². The highest BCUT2D eigenvalue weighted by Gasteiger charge is 2.62. The topological polar surface area (TPSA) is 117 Å². The van der Waals surface area contributed by atoms with E-state index in [1.54, 1.807) is 30.3 Å². The summed E-state index contributed by atoms with van der Waals surface area (Å²) in [5.41, 5.74) is -2.20. The monoisotopic (exact) mass is 388 g/mol. The normalized spacial score (nSPS) is 20.5. The lowest BCUT2D eigenvalue weighted by atomic mass is 9.77. The summed E-state index contributed by atoms with van der Waals surface area (Å²) in [5, 5.41) is 0. The van der Waals surface area contributed by atoms with E-state index in [1.165, 1.54) is 27.3 Å². The molecule has 1 fully saturated rings. The van der Waals surface area contributed by atoms with Gasteiger partial charge in [-0.05, 0) is 12.5 Å². The first kappa shape index (κ1) is 19.6. The standard InChI is InChI=1S/C19H20N2O7/c1-11-10-21(18(25)20-15(11)22)13-9-19(16(23)26-2,17(24)27-3)14(28-13)12-7-5-4-6-8-12/h4-8,10,13-14H,9H2,1-3H3,(H,20,22,25)/t13-,14-/m1/s1. The Labute approximate surface area is 159 Å². The Bertz CT molecular complexity index is 993. The van der Waals surface area contributed by atoms with Gasteiger partial charge in [0, 0.05) is 18.2 Å². The summed E-state index contributed by atoms with van der Waals surface area (Å²) in [4.78, 5) is 51.7. The number of aromatic amines is 1. The minimum Gasteiger partial charge on any atom is -0.468 e. The number of hydrogen-bond acceptors (Lipinski definition) is 7. The summed E-state index contributed by atoms with van der Waals surface area (Å²) in [7, 11) is 2.33. The molecule has 0 radical (unpaired) electrons. The second-order valence-electron chi connectivity index (χ2n) is 6.52. The van der Waals surface area contributed by atoms with Crippen LogP contribution in [0, 0.1) is 12.3 Å². The molecule has 1 aromatic carbocycles. The second-order valence-corrected chi connectivity index (χ2v) is 6.52. The third-order valence-electron chi connectivity index (χ3n) is 4.90. The summed E-state index contributed by atoms with van der Waals surface area (Å²) in [5.74, 6) is -1.66. The van der Waals surface area contributed by atoms with Crippen molar-refractivity contribution in [3.63, 3.8) is 0 Å². The Morgan fingerprint density at radius 2 is 1.75 bits per heavy atom. The van der Waals surface area contributed by atoms with Crippen LogP contribution in [0.1, 0.15) is 29.9 Å². The first-order chi connectivity index (χ1) is 13.3. The predicted molar refractivity (Wildman–Crippen MR) is 96.4 cm³/mol. The van der Waals surface area contributed by atoms with E-state index >= 15 is 0 Å². The lowest BCUT2D eigenvalue weighted by molar-refractivity contribution is -0.174. The largest absolute Gasteiger partial charge is 0.468 e. The van der Waals surface area contributed by atoms with Crippen LogP contribution in [0.5, 0.6) is 0 Å². The summed E-state index contributed by atoms with van der Waals surface area (Å²) >= 11 is 0. The van der Waals surface area contributed by atoms with Gasteiger partial charge in [0.2, 0.25) is 0 Å². The number of esters is 2. The van der Waals surface area contributed by atoms with Crippen LogP contribution in [-0.4, -0.2) is 35.7 Å². The van der Waals surface area contributed by atoms with Crippen molar-refractivity contribution in [2.24, 2.45) is 5.41 Å². The molecule has 2 aromatic rings. The number of ether oxygens (including phenoxy) is 3. The van der Waals surface area contributed by atoms with Gasteiger partial charge in [0.15, 0.2) is 5.41 Å². The molecule has 1 aromatic heterocycles. The first-order valence-corrected chi connectivity index (χ1v) is 8.54. The fourth-order valence-corrected chi connectivity index (χ4v) is 3.49. The zero-order valence-electron chi connectivity index (χ0n) is 15.6. The number of carbonyl (C=O) groups is 2. The number of rotatable bonds is 4. The highest BCUT2D eigenvalue weighted by molar-refractivity contribution is 6.01. The van der Waals surface area contributed by atoms with Crippen LogP contribution < -0.4 is 11.2 Å². The minimum absolute atomic E-state index is 0.197. The number of aromatic nitrogens is 2. The van der Waals surface area contributed by atoms with Crippen LogP contribution in [0.15, 0.2) is 46.1 Å². The molecule has 0 amide bonds. The summed E-state index contributed by atoms with van der Waals surface area (Å²) in [6, 6.07) is 8.66. The van der Waals surface area contributed by atoms with E-state index < -0.39 is 40.9 Å². The van der Waals surface area contributed by atoms with E-state index in [2.05, 4.69) is 4.98 Å². The summed E-state index contributed by atoms with van der Waals surface area (Å²) in [6.07, 6.45) is -0.903. The van der Waals surface area contributed by atoms with Crippen molar-refractivity contribution in [3.05, 3.63) is 68.5 Å². The lowest BCUT2D eigenvalue weighted by Gasteiger charge is -2.28. The number of nitrogens with one attached hydrogen (secondary N) is 1. The highest BCUT2D eigenvalue weighted by Crippen LogP contribution is 2.53. The maximum atomic E-state index is 12.8. The van der Waals surface area contributed by atoms with Crippen LogP contribution >= 0.6 is 0 Å². The number of aryl methyl sites for hydroxylation is 1. The van der Waals surface area contributed by atoms with Gasteiger partial charge in [-0.25, -0.2) is 4.79 Å². The van der Waals surface area contributed by atoms with Crippen molar-refractivity contribution < 1.29 is 23.8 Å². The number of carbonyl (C=O) groups excluding carboxylic acids is 2. The van der Waals surface area contributed by atoms with E-state index in [4.69, 9.17) is 14.2 Å². The van der Waals surface area contributed by atoms with Crippen LogP contribution in [0.3, 0.4) is 0 Å². The molecule has 3 rings (SSSR count). The Balaban J connectivity index is 2.18. The van der Waals surface area contributed by atoms with Gasteiger partial charge >= 0.3 is 17.6 Å². The Morgan fingerprint density at radius 1 is 1.14 bits per heavy atom. The summed E-state index contributed by atoms with van der Waals surface area (Å²) in [6.45, 7) is 1.53. The Kier molecular flexibility index (Phi) is 5.19. The van der Waals surface area contributed by atoms with Crippen molar-refractivity contribution in [2.45, 2.75) is 25.7 Å². The first-order valence-electron chi connectivity index (χ1n) is 8.54. The molecule has 1 aliphatic rings. The maximum Gasteiger partial charge on any atom is 0.330 e. The number of H-pyrrole nitrogens is 1. The second kappa shape index (κ2) is 7.43. The fraction of sp³-hybridized carbons (Fsp3) is 0.368. The molecule has 9 heteroatoms. The number of benzene rings is 1. The number of nitrogens with zero attached hydrogens (tertiary/aromatic N) is 1. The molecule has 0 bridgehead atoms. The molecule has 9 nitrogen and oxygen atoms in total. The Hall–Kier alpha value is -3.20. The molecule has 28 heavy (non-hydrogen) atoms. The van der Waals surface area contributed by atoms with Crippen LogP contribution in [0.2, 0.25) is 0 Å². The molecule has 0 aliphatic carbocycles. The molecule has 0 unspecified atom stereocenters. The van der Waals surface area contributed by atoms with Crippen LogP contribution in [-0.2, 0) is 23.8 Å². The molecule has 148 valence electrons. The fourth-order valence-electron chi connectivity index (χ4n) is 3.49. The number of hydrogen-bond donors (Lipinski definition) is 1. The van der Waals surface area contributed by atoms with Crippen LogP contribution in [0.4, 0.5) is 0 Å². The predicted octanol–water partition coefficient (Wildman–Crippen LogP) is 0.838. The molecule has 0 spiro atoms. The molecule has 0 saturated carbocycles. The average Bonchev–Trinajstić information content (AvgIpc) is 3.11. The van der Waals surface area contributed by atoms with Gasteiger partial charge in [0.25, 0.3) is 5.56 Å². The van der Waals surface area contributed by atoms with E-state index in [-0.39, 0.29) is 12.0 Å². The Morgan fingerprint density at radius 3 is 2.32 bits per heavy atom. The lowest BCUT2D eigenvalue weighted by Crippen LogP contribution is -2.43. The molecule has 1 saturated heterocycles. The SMILES string of the molecule is COC(=O)C1(C(=O)OC)C[C@H](n2cc(C)c(=O)[nH]c2=O)O[C@@H]1c1ccccc1.